The lowest BCUT2D eigenvalue weighted by atomic mass is 10.0. The van der Waals surface area contributed by atoms with Gasteiger partial charge < -0.3 is 32.6 Å². The highest BCUT2D eigenvalue weighted by molar-refractivity contribution is 8.09. The number of piperidine rings is 1. The van der Waals surface area contributed by atoms with Gasteiger partial charge in [0.25, 0.3) is 0 Å². The van der Waals surface area contributed by atoms with E-state index in [0.717, 1.165) is 29.1 Å². The summed E-state index contributed by atoms with van der Waals surface area (Å²) in [5.41, 5.74) is 0. The Morgan fingerprint density at radius 2 is 2.19 bits per heavy atom. The van der Waals surface area contributed by atoms with E-state index in [2.05, 4.69) is 14.0 Å². The molecule has 2 unspecified atom stereocenters. The number of carbonyl (C=O) groups excluding carboxylic acids is 1. The molecule has 0 amide bonds. The van der Waals surface area contributed by atoms with Crippen LogP contribution in [0.15, 0.2) is 0 Å². The number of rotatable bonds is 4. The molecule has 1 aliphatic rings. The number of likely N-dealkylation sites (N-methyl/N-ethyl adjacent to an activating group) is 1. The Balaban J connectivity index is 0.00000225. The van der Waals surface area contributed by atoms with Crippen molar-refractivity contribution in [1.82, 2.24) is 0 Å². The molecule has 0 aromatic carbocycles. The number of carbonyl (C=O) groups is 1. The molecule has 0 aromatic rings. The van der Waals surface area contributed by atoms with Crippen LogP contribution in [0.25, 0.3) is 0 Å². The van der Waals surface area contributed by atoms with Crippen LogP contribution in [0.2, 0.25) is 0 Å². The van der Waals surface area contributed by atoms with Crippen molar-refractivity contribution < 1.29 is 37.4 Å². The van der Waals surface area contributed by atoms with Crippen LogP contribution in [-0.2, 0) is 8.98 Å². The van der Waals surface area contributed by atoms with Crippen molar-refractivity contribution in [2.45, 2.75) is 39.2 Å². The standard InChI is InChI=1S/C11H22NO2S.HI/c1-10-6-4-5-7-12(10,3)8-9-14-15-11(2)13;/h10H,4-9H2,1-3H3;1H/q+1;/p-1. The molecule has 0 radical (unpaired) electrons. The van der Waals surface area contributed by atoms with Crippen LogP contribution in [0.3, 0.4) is 0 Å². The molecule has 1 heterocycles. The molecule has 1 rings (SSSR count). The third-order valence-corrected chi connectivity index (χ3v) is 3.99. The first kappa shape index (κ1) is 16.7. The van der Waals surface area contributed by atoms with Crippen LogP contribution in [-0.4, -0.2) is 42.4 Å². The molecule has 3 nitrogen and oxygen atoms in total. The predicted molar refractivity (Wildman–Crippen MR) is 63.5 cm³/mol. The Kier molecular flexibility index (Phi) is 8.22. The number of hydrogen-bond acceptors (Lipinski definition) is 3. The van der Waals surface area contributed by atoms with Gasteiger partial charge in [0.2, 0.25) is 5.12 Å². The highest BCUT2D eigenvalue weighted by atomic mass is 127. The van der Waals surface area contributed by atoms with Crippen LogP contribution in [0.4, 0.5) is 0 Å². The van der Waals surface area contributed by atoms with Crippen molar-refractivity contribution in [1.29, 1.82) is 0 Å². The molecule has 5 heteroatoms. The minimum absolute atomic E-state index is 0. The van der Waals surface area contributed by atoms with Crippen molar-refractivity contribution >= 4 is 17.2 Å². The van der Waals surface area contributed by atoms with Crippen LogP contribution in [0.1, 0.15) is 33.1 Å². The molecule has 0 N–H and O–H groups in total. The maximum atomic E-state index is 10.7. The molecule has 16 heavy (non-hydrogen) atoms. The van der Waals surface area contributed by atoms with E-state index in [4.69, 9.17) is 4.18 Å². The summed E-state index contributed by atoms with van der Waals surface area (Å²) in [6.07, 6.45) is 4.00. The average Bonchev–Trinajstić information content (AvgIpc) is 2.18. The zero-order chi connectivity index (χ0) is 11.3. The molecule has 0 aliphatic carbocycles. The summed E-state index contributed by atoms with van der Waals surface area (Å²) in [5.74, 6) is 0. The van der Waals surface area contributed by atoms with Crippen LogP contribution >= 0.6 is 12.0 Å². The van der Waals surface area contributed by atoms with Crippen LogP contribution in [0, 0.1) is 0 Å². The zero-order valence-electron chi connectivity index (χ0n) is 10.4. The van der Waals surface area contributed by atoms with Gasteiger partial charge in [-0.05, 0) is 26.2 Å². The monoisotopic (exact) mass is 359 g/mol. The normalized spacial score (nSPS) is 29.6. The minimum atomic E-state index is 0. The lowest BCUT2D eigenvalue weighted by Crippen LogP contribution is -3.00. The van der Waals surface area contributed by atoms with Gasteiger partial charge in [0.1, 0.15) is 13.2 Å². The lowest BCUT2D eigenvalue weighted by molar-refractivity contribution is -0.936. The molecule has 96 valence electrons. The predicted octanol–water partition coefficient (Wildman–Crippen LogP) is -0.779. The third kappa shape index (κ3) is 5.33. The summed E-state index contributed by atoms with van der Waals surface area (Å²) >= 11 is 0.971. The maximum absolute atomic E-state index is 10.7. The van der Waals surface area contributed by atoms with Gasteiger partial charge in [0.05, 0.1) is 31.7 Å². The maximum Gasteiger partial charge on any atom is 0.212 e. The minimum Gasteiger partial charge on any atom is -1.00 e. The second-order valence-electron chi connectivity index (χ2n) is 4.67. The number of halogens is 1. The molecular formula is C11H22INO2S. The second kappa shape index (κ2) is 7.89. The van der Waals surface area contributed by atoms with Crippen molar-refractivity contribution in [3.05, 3.63) is 0 Å². The molecule has 0 aromatic heterocycles. The van der Waals surface area contributed by atoms with Gasteiger partial charge in [-0.25, -0.2) is 0 Å². The first-order valence-corrected chi connectivity index (χ1v) is 6.43. The van der Waals surface area contributed by atoms with E-state index in [0.29, 0.717) is 6.61 Å². The highest BCUT2D eigenvalue weighted by Gasteiger charge is 2.31. The van der Waals surface area contributed by atoms with Crippen LogP contribution in [0.5, 0.6) is 0 Å². The molecule has 1 fully saturated rings. The number of hydrogen-bond donors (Lipinski definition) is 0. The van der Waals surface area contributed by atoms with Gasteiger partial charge in [0, 0.05) is 6.92 Å². The number of likely N-dealkylation sites (tertiary alicyclic amines) is 1. The summed E-state index contributed by atoms with van der Waals surface area (Å²) < 4.78 is 6.36. The fourth-order valence-electron chi connectivity index (χ4n) is 2.15. The summed E-state index contributed by atoms with van der Waals surface area (Å²) in [6, 6.07) is 0.727. The lowest BCUT2D eigenvalue weighted by Gasteiger charge is -2.43. The first-order chi connectivity index (χ1) is 7.04. The molecule has 0 spiro atoms. The van der Waals surface area contributed by atoms with E-state index in [1.54, 1.807) is 0 Å². The van der Waals surface area contributed by atoms with Gasteiger partial charge in [0.15, 0.2) is 0 Å². The molecule has 0 saturated carbocycles. The van der Waals surface area contributed by atoms with Crippen LogP contribution < -0.4 is 24.0 Å². The van der Waals surface area contributed by atoms with E-state index in [1.807, 2.05) is 0 Å². The molecule has 2 atom stereocenters. The van der Waals surface area contributed by atoms with E-state index < -0.39 is 0 Å². The SMILES string of the molecule is CC(=O)SOCC[N+]1(C)CCCCC1C.[I-]. The zero-order valence-corrected chi connectivity index (χ0v) is 13.3. The van der Waals surface area contributed by atoms with Crippen molar-refractivity contribution in [3.63, 3.8) is 0 Å². The Morgan fingerprint density at radius 1 is 1.50 bits per heavy atom. The first-order valence-electron chi connectivity index (χ1n) is 5.69. The third-order valence-electron chi connectivity index (χ3n) is 3.47. The Hall–Kier alpha value is 0.670. The summed E-state index contributed by atoms with van der Waals surface area (Å²) in [5, 5.41) is 0.0318. The average molecular weight is 359 g/mol. The number of quaternary nitrogens is 1. The molecule has 1 aliphatic heterocycles. The molecule has 0 bridgehead atoms. The Morgan fingerprint density at radius 3 is 2.75 bits per heavy atom. The van der Waals surface area contributed by atoms with Gasteiger partial charge in [-0.2, -0.15) is 0 Å². The van der Waals surface area contributed by atoms with Crippen molar-refractivity contribution in [2.75, 3.05) is 26.7 Å². The van der Waals surface area contributed by atoms with Gasteiger partial charge in [-0.1, -0.05) is 0 Å². The van der Waals surface area contributed by atoms with E-state index in [1.165, 1.54) is 32.7 Å². The van der Waals surface area contributed by atoms with Gasteiger partial charge in [-0.3, -0.25) is 4.79 Å². The van der Waals surface area contributed by atoms with Crippen molar-refractivity contribution in [3.8, 4) is 0 Å². The Labute approximate surface area is 120 Å². The summed E-state index contributed by atoms with van der Waals surface area (Å²) in [4.78, 5) is 10.7. The fraction of sp³-hybridized carbons (Fsp3) is 0.909. The fourth-order valence-corrected chi connectivity index (χ4v) is 2.47. The Bertz CT molecular complexity index is 228. The van der Waals surface area contributed by atoms with Crippen molar-refractivity contribution in [2.24, 2.45) is 0 Å². The second-order valence-corrected chi connectivity index (χ2v) is 5.65. The van der Waals surface area contributed by atoms with E-state index in [-0.39, 0.29) is 29.1 Å². The topological polar surface area (TPSA) is 26.3 Å². The van der Waals surface area contributed by atoms with E-state index in [9.17, 15) is 4.79 Å². The van der Waals surface area contributed by atoms with E-state index >= 15 is 0 Å². The number of nitrogens with zero attached hydrogens (tertiary/aromatic N) is 1. The van der Waals surface area contributed by atoms with Gasteiger partial charge in [-0.15, -0.1) is 0 Å². The largest absolute Gasteiger partial charge is 1.00 e. The smallest absolute Gasteiger partial charge is 0.212 e. The summed E-state index contributed by atoms with van der Waals surface area (Å²) in [7, 11) is 2.30. The quantitative estimate of drug-likeness (QED) is 0.285. The molecule has 1 saturated heterocycles. The van der Waals surface area contributed by atoms with Gasteiger partial charge >= 0.3 is 0 Å². The highest BCUT2D eigenvalue weighted by Crippen LogP contribution is 2.23. The molecular weight excluding hydrogens is 337 g/mol. The summed E-state index contributed by atoms with van der Waals surface area (Å²) in [6.45, 7) is 6.78.